The van der Waals surface area contributed by atoms with Crippen molar-refractivity contribution in [3.05, 3.63) is 46.5 Å². The summed E-state index contributed by atoms with van der Waals surface area (Å²) in [6.07, 6.45) is 4.09. The van der Waals surface area contributed by atoms with E-state index in [1.54, 1.807) is 22.7 Å². The van der Waals surface area contributed by atoms with E-state index in [4.69, 9.17) is 15.0 Å². The lowest BCUT2D eigenvalue weighted by molar-refractivity contribution is 0.159. The van der Waals surface area contributed by atoms with Gasteiger partial charge in [0.05, 0.1) is 19.5 Å². The molecule has 3 aromatic rings. The molecule has 0 aliphatic rings. The van der Waals surface area contributed by atoms with E-state index in [0.29, 0.717) is 31.8 Å². The highest BCUT2D eigenvalue weighted by Gasteiger charge is 2.11. The molecule has 1 aromatic carbocycles. The second kappa shape index (κ2) is 10.7. The molecule has 9 nitrogen and oxygen atoms in total. The van der Waals surface area contributed by atoms with E-state index in [-0.39, 0.29) is 17.0 Å². The molecule has 156 valence electrons. The van der Waals surface area contributed by atoms with Gasteiger partial charge >= 0.3 is 0 Å². The minimum atomic E-state index is -0.903. The summed E-state index contributed by atoms with van der Waals surface area (Å²) in [5, 5.41) is 3.33. The largest absolute Gasteiger partial charge is 0.371 e. The van der Waals surface area contributed by atoms with Crippen LogP contribution in [0.5, 0.6) is 0 Å². The van der Waals surface area contributed by atoms with E-state index in [1.807, 2.05) is 6.92 Å². The van der Waals surface area contributed by atoms with Crippen LogP contribution in [-0.4, -0.2) is 45.3 Å². The number of fused-ring (bicyclic) bond motifs is 1. The van der Waals surface area contributed by atoms with Gasteiger partial charge in [-0.05, 0) is 30.5 Å². The summed E-state index contributed by atoms with van der Waals surface area (Å²) in [6.45, 7) is 4.33. The summed E-state index contributed by atoms with van der Waals surface area (Å²) >= 11 is 1.72. The molecule has 29 heavy (non-hydrogen) atoms. The van der Waals surface area contributed by atoms with Crippen LogP contribution in [0.25, 0.3) is 11.2 Å². The zero-order valence-electron chi connectivity index (χ0n) is 16.4. The van der Waals surface area contributed by atoms with Crippen LogP contribution in [0, 0.1) is 0 Å². The molecular weight excluding hydrogens is 411 g/mol. The minimum absolute atomic E-state index is 0.0693. The Hall–Kier alpha value is -1.97. The predicted octanol–water partition coefficient (Wildman–Crippen LogP) is 2.54. The summed E-state index contributed by atoms with van der Waals surface area (Å²) in [5.41, 5.74) is 7.12. The first-order valence-electron chi connectivity index (χ1n) is 9.16. The molecule has 11 heteroatoms. The van der Waals surface area contributed by atoms with Crippen molar-refractivity contribution in [2.24, 2.45) is 0 Å². The van der Waals surface area contributed by atoms with E-state index in [9.17, 15) is 4.79 Å². The summed E-state index contributed by atoms with van der Waals surface area (Å²) in [4.78, 5) is 23.7. The lowest BCUT2D eigenvalue weighted by Gasteiger charge is -2.18. The number of aromatic amines is 1. The molecular formula is C18H25N6O3PS. The monoisotopic (exact) mass is 436 g/mol. The number of hydrogen-bond donors (Lipinski definition) is 3. The predicted molar refractivity (Wildman–Crippen MR) is 117 cm³/mol. The smallest absolute Gasteiger partial charge is 0.280 e. The van der Waals surface area contributed by atoms with E-state index >= 15 is 0 Å². The molecule has 0 saturated carbocycles. The fourth-order valence-corrected chi connectivity index (χ4v) is 4.24. The number of benzene rings is 1. The molecule has 0 bridgehead atoms. The van der Waals surface area contributed by atoms with Gasteiger partial charge in [0.15, 0.2) is 11.2 Å². The Morgan fingerprint density at radius 2 is 2.14 bits per heavy atom. The lowest BCUT2D eigenvalue weighted by atomic mass is 10.2. The number of rotatable bonds is 11. The maximum absolute atomic E-state index is 11.8. The number of nitrogens with one attached hydrogen (secondary N) is 2. The van der Waals surface area contributed by atoms with Crippen LogP contribution in [0.4, 0.5) is 5.95 Å². The number of nitrogen functional groups attached to an aromatic ring is 1. The van der Waals surface area contributed by atoms with Crippen LogP contribution >= 0.6 is 20.1 Å². The van der Waals surface area contributed by atoms with Crippen LogP contribution in [-0.2, 0) is 22.4 Å². The zero-order valence-corrected chi connectivity index (χ0v) is 18.1. The van der Waals surface area contributed by atoms with E-state index in [1.165, 1.54) is 4.90 Å². The van der Waals surface area contributed by atoms with Crippen LogP contribution < -0.4 is 16.4 Å². The Morgan fingerprint density at radius 1 is 1.34 bits per heavy atom. The van der Waals surface area contributed by atoms with Crippen molar-refractivity contribution in [1.29, 1.82) is 0 Å². The van der Waals surface area contributed by atoms with Gasteiger partial charge in [-0.2, -0.15) is 4.98 Å². The van der Waals surface area contributed by atoms with Crippen molar-refractivity contribution in [3.8, 4) is 0 Å². The minimum Gasteiger partial charge on any atom is -0.371 e. The Kier molecular flexibility index (Phi) is 8.02. The first kappa shape index (κ1) is 21.7. The number of aromatic nitrogens is 4. The topological polar surface area (TPSA) is 120 Å². The highest BCUT2D eigenvalue weighted by Crippen LogP contribution is 2.33. The van der Waals surface area contributed by atoms with Gasteiger partial charge in [0, 0.05) is 11.4 Å². The van der Waals surface area contributed by atoms with Gasteiger partial charge in [-0.15, -0.1) is 11.8 Å². The van der Waals surface area contributed by atoms with Gasteiger partial charge in [-0.25, -0.2) is 4.98 Å². The van der Waals surface area contributed by atoms with Crippen LogP contribution in [0.1, 0.15) is 12.5 Å². The molecule has 0 radical (unpaired) electrons. The second-order valence-corrected chi connectivity index (χ2v) is 8.58. The quantitative estimate of drug-likeness (QED) is 0.238. The SMILES string of the molecule is CCNP(COCCn1cnc2c(=O)[nH]c(N)nc21)OCc1ccc(SC)cc1. The molecule has 1 unspecified atom stereocenters. The number of anilines is 1. The van der Waals surface area contributed by atoms with Crippen molar-refractivity contribution in [2.45, 2.75) is 25.0 Å². The zero-order chi connectivity index (χ0) is 20.6. The van der Waals surface area contributed by atoms with Crippen LogP contribution in [0.15, 0.2) is 40.3 Å². The number of hydrogen-bond acceptors (Lipinski definition) is 8. The summed E-state index contributed by atoms with van der Waals surface area (Å²) < 4.78 is 13.6. The second-order valence-electron chi connectivity index (χ2n) is 6.11. The normalized spacial score (nSPS) is 12.5. The van der Waals surface area contributed by atoms with Gasteiger partial charge in [-0.1, -0.05) is 19.1 Å². The number of H-pyrrole nitrogens is 1. The Labute approximate surface area is 174 Å². The fraction of sp³-hybridized carbons (Fsp3) is 0.389. The Morgan fingerprint density at radius 3 is 2.86 bits per heavy atom. The van der Waals surface area contributed by atoms with Crippen molar-refractivity contribution in [3.63, 3.8) is 0 Å². The van der Waals surface area contributed by atoms with Gasteiger partial charge in [-0.3, -0.25) is 14.9 Å². The number of ether oxygens (including phenoxy) is 1. The number of imidazole rings is 1. The first-order valence-corrected chi connectivity index (χ1v) is 11.8. The maximum Gasteiger partial charge on any atom is 0.280 e. The summed E-state index contributed by atoms with van der Waals surface area (Å²) in [7, 11) is -0.903. The number of nitrogens with two attached hydrogens (primary N) is 1. The molecule has 1 atom stereocenters. The van der Waals surface area contributed by atoms with E-state index in [0.717, 1.165) is 12.1 Å². The number of thioether (sulfide) groups is 1. The molecule has 0 aliphatic heterocycles. The van der Waals surface area contributed by atoms with Gasteiger partial charge < -0.3 is 19.6 Å². The third-order valence-corrected chi connectivity index (χ3v) is 6.33. The molecule has 3 rings (SSSR count). The fourth-order valence-electron chi connectivity index (χ4n) is 2.62. The molecule has 0 fully saturated rings. The van der Waals surface area contributed by atoms with E-state index in [2.05, 4.69) is 50.6 Å². The maximum atomic E-state index is 11.8. The Balaban J connectivity index is 1.48. The molecule has 0 saturated heterocycles. The highest BCUT2D eigenvalue weighted by molar-refractivity contribution is 7.98. The molecule has 0 amide bonds. The molecule has 2 aromatic heterocycles. The lowest BCUT2D eigenvalue weighted by Crippen LogP contribution is -2.15. The molecule has 0 aliphatic carbocycles. The van der Waals surface area contributed by atoms with Crippen molar-refractivity contribution >= 4 is 37.2 Å². The summed E-state index contributed by atoms with van der Waals surface area (Å²) in [6, 6.07) is 8.35. The van der Waals surface area contributed by atoms with Gasteiger partial charge in [0.2, 0.25) is 5.95 Å². The van der Waals surface area contributed by atoms with Crippen molar-refractivity contribution < 1.29 is 9.26 Å². The van der Waals surface area contributed by atoms with E-state index < -0.39 is 8.30 Å². The average molecular weight is 436 g/mol. The highest BCUT2D eigenvalue weighted by atomic mass is 32.2. The Bertz CT molecular complexity index is 978. The van der Waals surface area contributed by atoms with Crippen molar-refractivity contribution in [2.75, 3.05) is 31.5 Å². The third kappa shape index (κ3) is 6.01. The van der Waals surface area contributed by atoms with Crippen molar-refractivity contribution in [1.82, 2.24) is 24.6 Å². The number of nitrogens with zero attached hydrogens (tertiary/aromatic N) is 3. The average Bonchev–Trinajstić information content (AvgIpc) is 3.12. The standard InChI is InChI=1S/C18H25N6O3PS/c1-3-21-28(27-10-13-4-6-14(29-2)7-5-13)12-26-9-8-24-11-20-15-16(24)22-18(19)23-17(15)25/h4-7,11,21H,3,8-10,12H2,1-2H3,(H3,19,22,23,25). The van der Waals surface area contributed by atoms with Crippen LogP contribution in [0.3, 0.4) is 0 Å². The summed E-state index contributed by atoms with van der Waals surface area (Å²) in [5.74, 6) is 0.0693. The first-order chi connectivity index (χ1) is 14.1. The van der Waals surface area contributed by atoms with Gasteiger partial charge in [0.25, 0.3) is 5.56 Å². The molecule has 0 spiro atoms. The van der Waals surface area contributed by atoms with Crippen LogP contribution in [0.2, 0.25) is 0 Å². The molecule has 4 N–H and O–H groups in total. The molecule has 2 heterocycles. The van der Waals surface area contributed by atoms with Gasteiger partial charge in [0.1, 0.15) is 14.6 Å². The third-order valence-electron chi connectivity index (χ3n) is 4.06.